The minimum absolute atomic E-state index is 0.883. The molecule has 0 radical (unpaired) electrons. The minimum atomic E-state index is 0.883. The molecule has 0 aliphatic carbocycles. The molecule has 0 bridgehead atoms. The Labute approximate surface area is 197 Å². The molecule has 0 aliphatic rings. The van der Waals surface area contributed by atoms with Gasteiger partial charge in [-0.25, -0.2) is 0 Å². The molecule has 0 unspecified atom stereocenters. The molecule has 2 heterocycles. The van der Waals surface area contributed by atoms with Crippen LogP contribution in [0.4, 0.5) is 0 Å². The Bertz CT molecular complexity index is 1120. The summed E-state index contributed by atoms with van der Waals surface area (Å²) in [5.74, 6) is 0. The minimum Gasteiger partial charge on any atom is -0.326 e. The second-order valence-corrected chi connectivity index (χ2v) is 9.17. The maximum atomic E-state index is 3.54. The average molecular weight is 442 g/mol. The van der Waals surface area contributed by atoms with Crippen molar-refractivity contribution in [3.8, 4) is 11.4 Å². The molecule has 1 N–H and O–H groups in total. The number of hydrogen-bond donors (Lipinski definition) is 1. The van der Waals surface area contributed by atoms with Crippen LogP contribution in [0.5, 0.6) is 0 Å². The van der Waals surface area contributed by atoms with Crippen molar-refractivity contribution in [2.45, 2.75) is 54.6 Å². The van der Waals surface area contributed by atoms with Crippen LogP contribution in [0.25, 0.3) is 11.4 Å². The van der Waals surface area contributed by atoms with Crippen LogP contribution in [-0.2, 0) is 13.1 Å². The molecule has 2 aromatic carbocycles. The molecular formula is C28H35N5. The van der Waals surface area contributed by atoms with E-state index in [-0.39, 0.29) is 0 Å². The van der Waals surface area contributed by atoms with E-state index in [1.807, 2.05) is 0 Å². The van der Waals surface area contributed by atoms with E-state index in [0.717, 1.165) is 26.2 Å². The molecule has 0 spiro atoms. The maximum absolute atomic E-state index is 3.54. The largest absolute Gasteiger partial charge is 0.326 e. The molecule has 0 atom stereocenters. The van der Waals surface area contributed by atoms with Crippen LogP contribution in [0.15, 0.2) is 49.1 Å². The van der Waals surface area contributed by atoms with E-state index in [1.54, 1.807) is 0 Å². The van der Waals surface area contributed by atoms with Crippen molar-refractivity contribution in [2.75, 3.05) is 13.1 Å². The number of rotatable bonds is 8. The third kappa shape index (κ3) is 5.25. The standard InChI is InChI=1S/C28H35N5/c1-21-15-23(3)27(24(4)16-21)32-13-11-30(19-32)9-7-29-8-10-31-12-14-33(20-31)28-25(5)17-22(2)18-26(28)6/h11-18,29H,7-10H2,1-6H3. The molecule has 33 heavy (non-hydrogen) atoms. The Hall–Kier alpha value is -3.18. The Kier molecular flexibility index (Phi) is 6.80. The van der Waals surface area contributed by atoms with Crippen LogP contribution >= 0.6 is 0 Å². The second kappa shape index (κ2) is 9.75. The summed E-state index contributed by atoms with van der Waals surface area (Å²) in [6.07, 6.45) is 15.3. The normalized spacial score (nSPS) is 11.3. The fourth-order valence-corrected chi connectivity index (χ4v) is 4.83. The van der Waals surface area contributed by atoms with E-state index in [9.17, 15) is 0 Å². The molecule has 172 valence electrons. The summed E-state index contributed by atoms with van der Waals surface area (Å²) in [6.45, 7) is 16.5. The van der Waals surface area contributed by atoms with E-state index in [4.69, 9.17) is 0 Å². The topological polar surface area (TPSA) is 29.6 Å². The summed E-state index contributed by atoms with van der Waals surface area (Å²) < 4.78 is 8.44. The first-order valence-corrected chi connectivity index (χ1v) is 11.7. The molecule has 5 heteroatoms. The summed E-state index contributed by atoms with van der Waals surface area (Å²) in [4.78, 5) is 0. The predicted molar refractivity (Wildman–Crippen MR) is 131 cm³/mol. The highest BCUT2D eigenvalue weighted by Crippen LogP contribution is 2.21. The lowest BCUT2D eigenvalue weighted by Gasteiger charge is -2.12. The smallest absolute Gasteiger partial charge is 0.243 e. The van der Waals surface area contributed by atoms with Gasteiger partial charge in [-0.2, -0.15) is 0 Å². The fraction of sp³-hybridized carbons (Fsp3) is 0.357. The lowest BCUT2D eigenvalue weighted by atomic mass is 10.1. The molecule has 4 aromatic rings. The third-order valence-corrected chi connectivity index (χ3v) is 6.08. The summed E-state index contributed by atoms with van der Waals surface area (Å²) in [5.41, 5.74) is 10.2. The number of imidazole rings is 2. The van der Waals surface area contributed by atoms with Crippen molar-refractivity contribution >= 4 is 0 Å². The number of aromatic nitrogens is 4. The molecule has 5 nitrogen and oxygen atoms in total. The van der Waals surface area contributed by atoms with Gasteiger partial charge in [0.25, 0.3) is 0 Å². The number of aryl methyl sites for hydroxylation is 6. The third-order valence-electron chi connectivity index (χ3n) is 6.08. The van der Waals surface area contributed by atoms with Crippen LogP contribution in [0.3, 0.4) is 0 Å². The van der Waals surface area contributed by atoms with Crippen molar-refractivity contribution in [1.29, 1.82) is 0 Å². The van der Waals surface area contributed by atoms with Gasteiger partial charge in [-0.3, -0.25) is 0 Å². The Morgan fingerprint density at radius 2 is 1.00 bits per heavy atom. The first kappa shape index (κ1) is 23.0. The SMILES string of the molecule is Cc1cc(C)c(-n2[c-][n+](CCNCC[n+]3[c-]n(-c4c(C)cc(C)cc4C)cc3)cc2)c(C)c1. The van der Waals surface area contributed by atoms with E-state index in [2.05, 4.69) is 127 Å². The van der Waals surface area contributed by atoms with Crippen LogP contribution in [0.1, 0.15) is 33.4 Å². The lowest BCUT2D eigenvalue weighted by molar-refractivity contribution is -0.701. The molecule has 4 rings (SSSR count). The molecule has 0 saturated heterocycles. The summed E-state index contributed by atoms with van der Waals surface area (Å²) in [6, 6.07) is 8.91. The van der Waals surface area contributed by atoms with Crippen LogP contribution in [0.2, 0.25) is 0 Å². The molecule has 0 amide bonds. The van der Waals surface area contributed by atoms with Crippen LogP contribution < -0.4 is 14.5 Å². The Balaban J connectivity index is 1.29. The van der Waals surface area contributed by atoms with Gasteiger partial charge in [0.2, 0.25) is 12.7 Å². The summed E-state index contributed by atoms with van der Waals surface area (Å²) in [5, 5.41) is 3.54. The first-order chi connectivity index (χ1) is 15.8. The molecule has 0 fully saturated rings. The molecule has 2 aromatic heterocycles. The van der Waals surface area contributed by atoms with Crippen molar-refractivity contribution in [1.82, 2.24) is 14.5 Å². The number of benzene rings is 2. The van der Waals surface area contributed by atoms with Gasteiger partial charge in [-0.15, -0.1) is 0 Å². The molecule has 0 saturated carbocycles. The predicted octanol–water partition coefficient (Wildman–Crippen LogP) is 3.58. The zero-order chi connectivity index (χ0) is 23.5. The van der Waals surface area contributed by atoms with Gasteiger partial charge in [-0.05, 0) is 63.8 Å². The highest BCUT2D eigenvalue weighted by molar-refractivity contribution is 5.49. The average Bonchev–Trinajstić information content (AvgIpc) is 3.36. The maximum Gasteiger partial charge on any atom is 0.243 e. The highest BCUT2D eigenvalue weighted by Gasteiger charge is 2.08. The van der Waals surface area contributed by atoms with E-state index in [1.165, 1.54) is 44.8 Å². The lowest BCUT2D eigenvalue weighted by Crippen LogP contribution is -2.42. The molecule has 0 aliphatic heterocycles. The van der Waals surface area contributed by atoms with E-state index in [0.29, 0.717) is 0 Å². The second-order valence-electron chi connectivity index (χ2n) is 9.17. The summed E-state index contributed by atoms with van der Waals surface area (Å²) in [7, 11) is 0. The Morgan fingerprint density at radius 3 is 1.36 bits per heavy atom. The monoisotopic (exact) mass is 441 g/mol. The zero-order valence-corrected chi connectivity index (χ0v) is 20.7. The zero-order valence-electron chi connectivity index (χ0n) is 20.7. The number of hydrogen-bond acceptors (Lipinski definition) is 1. The van der Waals surface area contributed by atoms with Gasteiger partial charge in [0.05, 0.1) is 24.5 Å². The van der Waals surface area contributed by atoms with Crippen LogP contribution in [-0.4, -0.2) is 22.2 Å². The summed E-state index contributed by atoms with van der Waals surface area (Å²) >= 11 is 0. The van der Waals surface area contributed by atoms with Gasteiger partial charge in [0, 0.05) is 37.9 Å². The van der Waals surface area contributed by atoms with E-state index >= 15 is 0 Å². The first-order valence-electron chi connectivity index (χ1n) is 11.7. The van der Waals surface area contributed by atoms with Gasteiger partial charge in [0.15, 0.2) is 0 Å². The number of nitrogens with one attached hydrogen (secondary N) is 1. The highest BCUT2D eigenvalue weighted by atomic mass is 15.1. The van der Waals surface area contributed by atoms with Crippen molar-refractivity contribution in [3.63, 3.8) is 0 Å². The van der Waals surface area contributed by atoms with Crippen molar-refractivity contribution < 1.29 is 9.13 Å². The number of nitrogens with zero attached hydrogens (tertiary/aromatic N) is 4. The van der Waals surface area contributed by atoms with Crippen molar-refractivity contribution in [3.05, 3.63) is 95.1 Å². The van der Waals surface area contributed by atoms with Gasteiger partial charge >= 0.3 is 0 Å². The fourth-order valence-electron chi connectivity index (χ4n) is 4.83. The van der Waals surface area contributed by atoms with Crippen molar-refractivity contribution in [2.24, 2.45) is 0 Å². The van der Waals surface area contributed by atoms with Crippen LogP contribution in [0, 0.1) is 54.2 Å². The van der Waals surface area contributed by atoms with Gasteiger partial charge < -0.3 is 23.6 Å². The van der Waals surface area contributed by atoms with Gasteiger partial charge in [0.1, 0.15) is 0 Å². The molecular weight excluding hydrogens is 406 g/mol. The van der Waals surface area contributed by atoms with Gasteiger partial charge in [-0.1, -0.05) is 35.4 Å². The van der Waals surface area contributed by atoms with E-state index < -0.39 is 0 Å². The quantitative estimate of drug-likeness (QED) is 0.253. The Morgan fingerprint density at radius 1 is 0.636 bits per heavy atom.